The Morgan fingerprint density at radius 3 is 2.69 bits per heavy atom. The van der Waals surface area contributed by atoms with Crippen LogP contribution in [0.4, 0.5) is 10.5 Å². The summed E-state index contributed by atoms with van der Waals surface area (Å²) < 4.78 is 4.89. The van der Waals surface area contributed by atoms with E-state index in [-0.39, 0.29) is 13.2 Å². The summed E-state index contributed by atoms with van der Waals surface area (Å²) in [6.45, 7) is 4.23. The van der Waals surface area contributed by atoms with E-state index in [2.05, 4.69) is 0 Å². The molecule has 88 valence electrons. The maximum absolute atomic E-state index is 11.7. The van der Waals surface area contributed by atoms with Gasteiger partial charge in [-0.05, 0) is 25.5 Å². The first-order chi connectivity index (χ1) is 7.70. The van der Waals surface area contributed by atoms with Crippen LogP contribution in [0.2, 0.25) is 0 Å². The van der Waals surface area contributed by atoms with Crippen LogP contribution in [0.5, 0.6) is 0 Å². The Morgan fingerprint density at radius 1 is 1.44 bits per heavy atom. The van der Waals surface area contributed by atoms with Crippen molar-refractivity contribution in [3.63, 3.8) is 0 Å². The molecule has 0 aliphatic carbocycles. The van der Waals surface area contributed by atoms with Crippen molar-refractivity contribution in [1.29, 1.82) is 0 Å². The zero-order chi connectivity index (χ0) is 12.0. The van der Waals surface area contributed by atoms with Gasteiger partial charge in [-0.3, -0.25) is 4.90 Å². The lowest BCUT2D eigenvalue weighted by Gasteiger charge is -2.21. The molecule has 16 heavy (non-hydrogen) atoms. The Kier molecular flexibility index (Phi) is 4.79. The van der Waals surface area contributed by atoms with Crippen LogP contribution < -0.4 is 4.90 Å². The van der Waals surface area contributed by atoms with Crippen molar-refractivity contribution in [3.8, 4) is 0 Å². The number of carbonyl (C=O) groups is 1. The van der Waals surface area contributed by atoms with Gasteiger partial charge in [-0.15, -0.1) is 0 Å². The fraction of sp³-hybridized carbons (Fsp3) is 0.417. The number of hydrogen-bond acceptors (Lipinski definition) is 3. The van der Waals surface area contributed by atoms with Crippen LogP contribution in [0.3, 0.4) is 0 Å². The van der Waals surface area contributed by atoms with Crippen LogP contribution in [-0.2, 0) is 4.74 Å². The number of aliphatic hydroxyl groups excluding tert-OH is 1. The van der Waals surface area contributed by atoms with Crippen molar-refractivity contribution in [2.24, 2.45) is 0 Å². The van der Waals surface area contributed by atoms with Crippen molar-refractivity contribution in [1.82, 2.24) is 0 Å². The number of aliphatic hydroxyl groups is 1. The maximum atomic E-state index is 11.7. The van der Waals surface area contributed by atoms with Crippen molar-refractivity contribution in [3.05, 3.63) is 29.8 Å². The molecule has 0 radical (unpaired) electrons. The lowest BCUT2D eigenvalue weighted by Crippen LogP contribution is -2.32. The molecule has 1 aromatic rings. The molecule has 1 N–H and O–H groups in total. The molecule has 4 heteroatoms. The summed E-state index contributed by atoms with van der Waals surface area (Å²) in [6.07, 6.45) is -0.425. The molecule has 4 nitrogen and oxygen atoms in total. The van der Waals surface area contributed by atoms with E-state index < -0.39 is 6.09 Å². The second-order valence-corrected chi connectivity index (χ2v) is 3.37. The highest BCUT2D eigenvalue weighted by Gasteiger charge is 2.16. The van der Waals surface area contributed by atoms with Crippen LogP contribution in [0.1, 0.15) is 12.5 Å². The molecule has 0 heterocycles. The number of carbonyl (C=O) groups excluding carboxylic acids is 1. The molecule has 0 atom stereocenters. The summed E-state index contributed by atoms with van der Waals surface area (Å²) in [6, 6.07) is 7.62. The van der Waals surface area contributed by atoms with E-state index in [9.17, 15) is 4.79 Å². The number of anilines is 1. The lowest BCUT2D eigenvalue weighted by atomic mass is 10.2. The van der Waals surface area contributed by atoms with Gasteiger partial charge in [0.2, 0.25) is 0 Å². The first kappa shape index (κ1) is 12.5. The topological polar surface area (TPSA) is 49.8 Å². The van der Waals surface area contributed by atoms with Crippen LogP contribution >= 0.6 is 0 Å². The summed E-state index contributed by atoms with van der Waals surface area (Å²) in [7, 11) is 0. The van der Waals surface area contributed by atoms with Gasteiger partial charge >= 0.3 is 6.09 Å². The zero-order valence-electron chi connectivity index (χ0n) is 9.64. The Morgan fingerprint density at radius 2 is 2.12 bits per heavy atom. The average molecular weight is 223 g/mol. The van der Waals surface area contributed by atoms with Crippen LogP contribution in [-0.4, -0.2) is 31.0 Å². The molecule has 0 unspecified atom stereocenters. The number of nitrogens with zero attached hydrogens (tertiary/aromatic N) is 1. The largest absolute Gasteiger partial charge is 0.447 e. The standard InChI is InChI=1S/C12H17NO3/c1-3-13(12(15)16-9-8-14)11-7-5-4-6-10(11)2/h4-7,14H,3,8-9H2,1-2H3. The van der Waals surface area contributed by atoms with Gasteiger partial charge in [0.1, 0.15) is 6.61 Å². The number of ether oxygens (including phenoxy) is 1. The van der Waals surface area contributed by atoms with E-state index in [0.717, 1.165) is 11.3 Å². The maximum Gasteiger partial charge on any atom is 0.414 e. The lowest BCUT2D eigenvalue weighted by molar-refractivity contribution is 0.125. The third kappa shape index (κ3) is 2.97. The first-order valence-electron chi connectivity index (χ1n) is 5.31. The fourth-order valence-electron chi connectivity index (χ4n) is 1.47. The van der Waals surface area contributed by atoms with Gasteiger partial charge in [-0.2, -0.15) is 0 Å². The van der Waals surface area contributed by atoms with Gasteiger partial charge in [0, 0.05) is 12.2 Å². The second kappa shape index (κ2) is 6.12. The summed E-state index contributed by atoms with van der Waals surface area (Å²) in [4.78, 5) is 13.2. The van der Waals surface area contributed by atoms with Crippen LogP contribution in [0, 0.1) is 6.92 Å². The average Bonchev–Trinajstić information content (AvgIpc) is 2.30. The number of aryl methyl sites for hydroxylation is 1. The number of benzene rings is 1. The van der Waals surface area contributed by atoms with Gasteiger partial charge in [0.15, 0.2) is 0 Å². The minimum absolute atomic E-state index is 0.0290. The molecule has 0 saturated carbocycles. The van der Waals surface area contributed by atoms with Crippen LogP contribution in [0.25, 0.3) is 0 Å². The molecule has 1 rings (SSSR count). The molecule has 0 spiro atoms. The van der Waals surface area contributed by atoms with E-state index in [1.807, 2.05) is 38.1 Å². The first-order valence-corrected chi connectivity index (χ1v) is 5.31. The summed E-state index contributed by atoms with van der Waals surface area (Å²) >= 11 is 0. The minimum Gasteiger partial charge on any atom is -0.447 e. The number of hydrogen-bond donors (Lipinski definition) is 1. The highest BCUT2D eigenvalue weighted by molar-refractivity contribution is 5.88. The van der Waals surface area contributed by atoms with Gasteiger partial charge in [-0.1, -0.05) is 18.2 Å². The van der Waals surface area contributed by atoms with E-state index >= 15 is 0 Å². The molecule has 1 amide bonds. The molecule has 0 bridgehead atoms. The zero-order valence-corrected chi connectivity index (χ0v) is 9.64. The highest BCUT2D eigenvalue weighted by Crippen LogP contribution is 2.19. The molecule has 0 aliphatic rings. The molecule has 0 aromatic heterocycles. The fourth-order valence-corrected chi connectivity index (χ4v) is 1.47. The Hall–Kier alpha value is -1.55. The van der Waals surface area contributed by atoms with E-state index in [1.165, 1.54) is 0 Å². The Labute approximate surface area is 95.5 Å². The number of rotatable bonds is 4. The molecule has 0 aliphatic heterocycles. The normalized spacial score (nSPS) is 9.94. The second-order valence-electron chi connectivity index (χ2n) is 3.37. The van der Waals surface area contributed by atoms with Crippen molar-refractivity contribution in [2.75, 3.05) is 24.7 Å². The van der Waals surface area contributed by atoms with E-state index in [4.69, 9.17) is 9.84 Å². The van der Waals surface area contributed by atoms with Crippen molar-refractivity contribution < 1.29 is 14.6 Å². The van der Waals surface area contributed by atoms with Crippen molar-refractivity contribution in [2.45, 2.75) is 13.8 Å². The highest BCUT2D eigenvalue weighted by atomic mass is 16.6. The monoisotopic (exact) mass is 223 g/mol. The van der Waals surface area contributed by atoms with Gasteiger partial charge in [-0.25, -0.2) is 4.79 Å². The van der Waals surface area contributed by atoms with E-state index in [1.54, 1.807) is 4.90 Å². The number of para-hydroxylation sites is 1. The van der Waals surface area contributed by atoms with Gasteiger partial charge < -0.3 is 9.84 Å². The summed E-state index contributed by atoms with van der Waals surface area (Å²) in [5.41, 5.74) is 1.86. The SMILES string of the molecule is CCN(C(=O)OCCO)c1ccccc1C. The summed E-state index contributed by atoms with van der Waals surface area (Å²) in [5, 5.41) is 8.60. The molecule has 1 aromatic carbocycles. The molecule has 0 fully saturated rings. The Bertz CT molecular complexity index is 352. The van der Waals surface area contributed by atoms with Gasteiger partial charge in [0.25, 0.3) is 0 Å². The third-order valence-corrected chi connectivity index (χ3v) is 2.26. The smallest absolute Gasteiger partial charge is 0.414 e. The summed E-state index contributed by atoms with van der Waals surface area (Å²) in [5.74, 6) is 0. The van der Waals surface area contributed by atoms with E-state index in [0.29, 0.717) is 6.54 Å². The van der Waals surface area contributed by atoms with Crippen molar-refractivity contribution >= 4 is 11.8 Å². The molecule has 0 saturated heterocycles. The molecular weight excluding hydrogens is 206 g/mol. The minimum atomic E-state index is -0.425. The van der Waals surface area contributed by atoms with Crippen LogP contribution in [0.15, 0.2) is 24.3 Å². The quantitative estimate of drug-likeness (QED) is 0.848. The predicted octanol–water partition coefficient (Wildman–Crippen LogP) is 1.95. The number of amides is 1. The molecular formula is C12H17NO3. The van der Waals surface area contributed by atoms with Gasteiger partial charge in [0.05, 0.1) is 6.61 Å². The predicted molar refractivity (Wildman–Crippen MR) is 62.6 cm³/mol. The third-order valence-electron chi connectivity index (χ3n) is 2.26. The Balaban J connectivity index is 2.82.